The van der Waals surface area contributed by atoms with Gasteiger partial charge in [0, 0.05) is 19.1 Å². The summed E-state index contributed by atoms with van der Waals surface area (Å²) in [5, 5.41) is 0. The average Bonchev–Trinajstić information content (AvgIpc) is 2.37. The van der Waals surface area contributed by atoms with Crippen LogP contribution in [0, 0.1) is 5.41 Å². The summed E-state index contributed by atoms with van der Waals surface area (Å²) in [6.45, 7) is 7.50. The molecular formula is C17H32N2O2. The van der Waals surface area contributed by atoms with Gasteiger partial charge in [0.15, 0.2) is 0 Å². The van der Waals surface area contributed by atoms with E-state index in [1.165, 1.54) is 25.7 Å². The van der Waals surface area contributed by atoms with Crippen LogP contribution in [0.15, 0.2) is 0 Å². The van der Waals surface area contributed by atoms with E-state index in [-0.39, 0.29) is 6.09 Å². The number of hydrogen-bond donors (Lipinski definition) is 0. The summed E-state index contributed by atoms with van der Waals surface area (Å²) in [5.74, 6) is 0. The normalized spacial score (nSPS) is 26.2. The Balaban J connectivity index is 1.89. The van der Waals surface area contributed by atoms with Crippen molar-refractivity contribution in [2.24, 2.45) is 5.41 Å². The molecule has 1 spiro atoms. The van der Waals surface area contributed by atoms with Gasteiger partial charge >= 0.3 is 6.09 Å². The molecule has 2 aliphatic rings. The maximum absolute atomic E-state index is 12.2. The van der Waals surface area contributed by atoms with Crippen LogP contribution in [-0.2, 0) is 4.74 Å². The van der Waals surface area contributed by atoms with Crippen molar-refractivity contribution < 1.29 is 9.53 Å². The summed E-state index contributed by atoms with van der Waals surface area (Å²) in [7, 11) is 4.39. The maximum Gasteiger partial charge on any atom is 0.410 e. The zero-order valence-corrected chi connectivity index (χ0v) is 14.4. The van der Waals surface area contributed by atoms with Gasteiger partial charge in [-0.05, 0) is 72.4 Å². The van der Waals surface area contributed by atoms with Crippen molar-refractivity contribution in [3.63, 3.8) is 0 Å². The Labute approximate surface area is 129 Å². The van der Waals surface area contributed by atoms with E-state index in [1.807, 2.05) is 25.7 Å². The molecule has 1 saturated heterocycles. The molecule has 1 saturated carbocycles. The number of hydrogen-bond acceptors (Lipinski definition) is 3. The third-order valence-corrected chi connectivity index (χ3v) is 5.12. The fourth-order valence-corrected chi connectivity index (χ4v) is 3.80. The van der Waals surface area contributed by atoms with Gasteiger partial charge in [0.25, 0.3) is 0 Å². The van der Waals surface area contributed by atoms with Crippen molar-refractivity contribution in [2.75, 3.05) is 27.2 Å². The van der Waals surface area contributed by atoms with Gasteiger partial charge in [-0.15, -0.1) is 0 Å². The second-order valence-corrected chi connectivity index (χ2v) is 8.18. The third-order valence-electron chi connectivity index (χ3n) is 5.12. The lowest BCUT2D eigenvalue weighted by Crippen LogP contribution is -2.48. The fourth-order valence-electron chi connectivity index (χ4n) is 3.80. The number of carbonyl (C=O) groups is 1. The molecule has 1 amide bonds. The highest BCUT2D eigenvalue weighted by Gasteiger charge is 2.40. The van der Waals surface area contributed by atoms with Crippen molar-refractivity contribution >= 4 is 6.09 Å². The van der Waals surface area contributed by atoms with Gasteiger partial charge in [0.2, 0.25) is 0 Å². The largest absolute Gasteiger partial charge is 0.444 e. The Morgan fingerprint density at radius 2 is 1.81 bits per heavy atom. The molecule has 4 nitrogen and oxygen atoms in total. The van der Waals surface area contributed by atoms with E-state index in [9.17, 15) is 4.79 Å². The van der Waals surface area contributed by atoms with E-state index in [0.717, 1.165) is 25.9 Å². The molecule has 0 radical (unpaired) electrons. The molecule has 1 unspecified atom stereocenters. The highest BCUT2D eigenvalue weighted by molar-refractivity contribution is 5.68. The Kier molecular flexibility index (Phi) is 4.86. The van der Waals surface area contributed by atoms with Crippen LogP contribution in [0.3, 0.4) is 0 Å². The highest BCUT2D eigenvalue weighted by Crippen LogP contribution is 2.45. The summed E-state index contributed by atoms with van der Waals surface area (Å²) in [5.41, 5.74) is 0.0682. The van der Waals surface area contributed by atoms with Crippen LogP contribution in [0.1, 0.15) is 59.3 Å². The highest BCUT2D eigenvalue weighted by atomic mass is 16.6. The van der Waals surface area contributed by atoms with Crippen molar-refractivity contribution in [2.45, 2.75) is 70.9 Å². The first-order chi connectivity index (χ1) is 9.71. The van der Waals surface area contributed by atoms with E-state index >= 15 is 0 Å². The Hall–Kier alpha value is -0.770. The number of nitrogens with zero attached hydrogens (tertiary/aromatic N) is 2. The van der Waals surface area contributed by atoms with E-state index in [1.54, 1.807) is 0 Å². The van der Waals surface area contributed by atoms with E-state index in [4.69, 9.17) is 4.74 Å². The summed E-state index contributed by atoms with van der Waals surface area (Å²) in [6, 6.07) is 0.715. The van der Waals surface area contributed by atoms with Gasteiger partial charge in [0.1, 0.15) is 5.60 Å². The molecule has 4 heteroatoms. The zero-order valence-electron chi connectivity index (χ0n) is 14.4. The van der Waals surface area contributed by atoms with Crippen LogP contribution in [0.4, 0.5) is 4.79 Å². The van der Waals surface area contributed by atoms with Crippen molar-refractivity contribution in [1.29, 1.82) is 0 Å². The fraction of sp³-hybridized carbons (Fsp3) is 0.941. The summed E-state index contributed by atoms with van der Waals surface area (Å²) in [6.07, 6.45) is 7.41. The maximum atomic E-state index is 12.2. The SMILES string of the molecule is CN(C)C1CCCC2(CCN(C(=O)OC(C)(C)C)CC2)C1. The molecule has 0 aromatic carbocycles. The van der Waals surface area contributed by atoms with Crippen LogP contribution >= 0.6 is 0 Å². The van der Waals surface area contributed by atoms with Crippen molar-refractivity contribution in [3.05, 3.63) is 0 Å². The predicted molar refractivity (Wildman–Crippen MR) is 85.4 cm³/mol. The second-order valence-electron chi connectivity index (χ2n) is 8.18. The molecule has 0 aromatic rings. The molecule has 1 aliphatic heterocycles. The minimum Gasteiger partial charge on any atom is -0.444 e. The lowest BCUT2D eigenvalue weighted by Gasteiger charge is -2.47. The van der Waals surface area contributed by atoms with Crippen LogP contribution < -0.4 is 0 Å². The Morgan fingerprint density at radius 1 is 1.19 bits per heavy atom. The number of rotatable bonds is 1. The topological polar surface area (TPSA) is 32.8 Å². The lowest BCUT2D eigenvalue weighted by molar-refractivity contribution is -0.00295. The van der Waals surface area contributed by atoms with Gasteiger partial charge < -0.3 is 14.5 Å². The van der Waals surface area contributed by atoms with E-state index in [2.05, 4.69) is 19.0 Å². The third kappa shape index (κ3) is 4.35. The molecular weight excluding hydrogens is 264 g/mol. The quantitative estimate of drug-likeness (QED) is 0.742. The number of ether oxygens (including phenoxy) is 1. The van der Waals surface area contributed by atoms with Crippen LogP contribution in [0.25, 0.3) is 0 Å². The van der Waals surface area contributed by atoms with Gasteiger partial charge in [-0.2, -0.15) is 0 Å². The molecule has 2 fully saturated rings. The summed E-state index contributed by atoms with van der Waals surface area (Å²) >= 11 is 0. The summed E-state index contributed by atoms with van der Waals surface area (Å²) < 4.78 is 5.49. The number of piperidine rings is 1. The molecule has 122 valence electrons. The van der Waals surface area contributed by atoms with Crippen molar-refractivity contribution in [1.82, 2.24) is 9.80 Å². The van der Waals surface area contributed by atoms with Crippen LogP contribution in [-0.4, -0.2) is 54.7 Å². The molecule has 0 aromatic heterocycles. The van der Waals surface area contributed by atoms with Gasteiger partial charge in [0.05, 0.1) is 0 Å². The first kappa shape index (κ1) is 16.6. The van der Waals surface area contributed by atoms with Crippen LogP contribution in [0.2, 0.25) is 0 Å². The van der Waals surface area contributed by atoms with Crippen LogP contribution in [0.5, 0.6) is 0 Å². The Morgan fingerprint density at radius 3 is 2.33 bits per heavy atom. The Bertz CT molecular complexity index is 365. The molecule has 1 heterocycles. The van der Waals surface area contributed by atoms with Gasteiger partial charge in [-0.1, -0.05) is 6.42 Å². The molecule has 1 aliphatic carbocycles. The van der Waals surface area contributed by atoms with E-state index < -0.39 is 5.60 Å². The molecule has 2 rings (SSSR count). The molecule has 21 heavy (non-hydrogen) atoms. The van der Waals surface area contributed by atoms with Gasteiger partial charge in [-0.3, -0.25) is 0 Å². The number of likely N-dealkylation sites (tertiary alicyclic amines) is 1. The predicted octanol–water partition coefficient (Wildman–Crippen LogP) is 3.51. The lowest BCUT2D eigenvalue weighted by atomic mass is 9.66. The standard InChI is InChI=1S/C17H32N2O2/c1-16(2,3)21-15(20)19-11-9-17(10-12-19)8-6-7-14(13-17)18(4)5/h14H,6-13H2,1-5H3. The zero-order chi connectivity index (χ0) is 15.7. The second kappa shape index (κ2) is 6.15. The average molecular weight is 296 g/mol. The van der Waals surface area contributed by atoms with Gasteiger partial charge in [-0.25, -0.2) is 4.79 Å². The molecule has 0 N–H and O–H groups in total. The first-order valence-electron chi connectivity index (χ1n) is 8.35. The molecule has 0 bridgehead atoms. The monoisotopic (exact) mass is 296 g/mol. The number of carbonyl (C=O) groups excluding carboxylic acids is 1. The van der Waals surface area contributed by atoms with Crippen molar-refractivity contribution in [3.8, 4) is 0 Å². The first-order valence-corrected chi connectivity index (χ1v) is 8.35. The number of amides is 1. The summed E-state index contributed by atoms with van der Waals surface area (Å²) in [4.78, 5) is 16.4. The van der Waals surface area contributed by atoms with E-state index in [0.29, 0.717) is 11.5 Å². The minimum absolute atomic E-state index is 0.141. The molecule has 1 atom stereocenters. The smallest absolute Gasteiger partial charge is 0.410 e. The minimum atomic E-state index is -0.396.